The summed E-state index contributed by atoms with van der Waals surface area (Å²) in [5, 5.41) is 3.37. The van der Waals surface area contributed by atoms with Gasteiger partial charge in [-0.05, 0) is 31.2 Å². The van der Waals surface area contributed by atoms with E-state index in [0.29, 0.717) is 32.5 Å². The lowest BCUT2D eigenvalue weighted by atomic mass is 10.3. The molecule has 1 atom stereocenters. The second-order valence-electron chi connectivity index (χ2n) is 3.97. The largest absolute Gasteiger partial charge is 0.377 e. The smallest absolute Gasteiger partial charge is 0.214 e. The SMILES string of the molecule is [N-]=[N+]=NCCCCNS(=O)(=O)CC1CCCO1. The summed E-state index contributed by atoms with van der Waals surface area (Å²) < 4.78 is 31.0. The minimum absolute atomic E-state index is 0.0450. The Kier molecular flexibility index (Phi) is 6.28. The summed E-state index contributed by atoms with van der Waals surface area (Å²) in [5.41, 5.74) is 8.04. The van der Waals surface area contributed by atoms with Crippen molar-refractivity contribution in [2.24, 2.45) is 5.11 Å². The van der Waals surface area contributed by atoms with Crippen LogP contribution in [0.1, 0.15) is 25.7 Å². The predicted molar refractivity (Wildman–Crippen MR) is 64.0 cm³/mol. The molecule has 1 rings (SSSR count). The van der Waals surface area contributed by atoms with Crippen molar-refractivity contribution in [2.75, 3.05) is 25.4 Å². The van der Waals surface area contributed by atoms with Crippen molar-refractivity contribution in [2.45, 2.75) is 31.8 Å². The standard InChI is InChI=1S/C9H18N4O3S/c10-13-11-5-1-2-6-12-17(14,15)8-9-4-3-7-16-9/h9,12H,1-8H2. The van der Waals surface area contributed by atoms with Gasteiger partial charge in [0.2, 0.25) is 10.0 Å². The van der Waals surface area contributed by atoms with E-state index in [-0.39, 0.29) is 11.9 Å². The van der Waals surface area contributed by atoms with Crippen molar-refractivity contribution in [1.82, 2.24) is 4.72 Å². The minimum Gasteiger partial charge on any atom is -0.377 e. The third-order valence-electron chi connectivity index (χ3n) is 2.50. The van der Waals surface area contributed by atoms with Crippen molar-refractivity contribution < 1.29 is 13.2 Å². The summed E-state index contributed by atoms with van der Waals surface area (Å²) in [7, 11) is -3.24. The number of rotatable bonds is 8. The highest BCUT2D eigenvalue weighted by Gasteiger charge is 2.22. The van der Waals surface area contributed by atoms with Gasteiger partial charge in [0, 0.05) is 24.6 Å². The Morgan fingerprint density at radius 3 is 2.94 bits per heavy atom. The van der Waals surface area contributed by atoms with E-state index in [1.807, 2.05) is 0 Å². The molecule has 1 N–H and O–H groups in total. The molecule has 1 aliphatic rings. The fraction of sp³-hybridized carbons (Fsp3) is 1.00. The molecule has 0 aromatic heterocycles. The van der Waals surface area contributed by atoms with Gasteiger partial charge >= 0.3 is 0 Å². The second-order valence-corrected chi connectivity index (χ2v) is 5.82. The average molecular weight is 262 g/mol. The number of hydrogen-bond donors (Lipinski definition) is 1. The zero-order valence-corrected chi connectivity index (χ0v) is 10.5. The first-order valence-corrected chi connectivity index (χ1v) is 7.39. The van der Waals surface area contributed by atoms with Crippen LogP contribution in [0.15, 0.2) is 5.11 Å². The van der Waals surface area contributed by atoms with E-state index >= 15 is 0 Å². The van der Waals surface area contributed by atoms with E-state index in [0.717, 1.165) is 12.8 Å². The second kappa shape index (κ2) is 7.50. The predicted octanol–water partition coefficient (Wildman–Crippen LogP) is 1.18. The zero-order chi connectivity index (χ0) is 12.6. The lowest BCUT2D eigenvalue weighted by molar-refractivity contribution is 0.127. The lowest BCUT2D eigenvalue weighted by Gasteiger charge is -2.10. The molecule has 0 aromatic carbocycles. The first-order chi connectivity index (χ1) is 8.14. The number of azide groups is 1. The molecule has 0 aliphatic carbocycles. The maximum atomic E-state index is 11.6. The number of nitrogens with one attached hydrogen (secondary N) is 1. The van der Waals surface area contributed by atoms with Crippen molar-refractivity contribution in [1.29, 1.82) is 0 Å². The zero-order valence-electron chi connectivity index (χ0n) is 9.71. The van der Waals surface area contributed by atoms with Gasteiger partial charge in [-0.1, -0.05) is 5.11 Å². The quantitative estimate of drug-likeness (QED) is 0.307. The van der Waals surface area contributed by atoms with E-state index < -0.39 is 10.0 Å². The Morgan fingerprint density at radius 1 is 1.47 bits per heavy atom. The number of ether oxygens (including phenoxy) is 1. The Bertz CT molecular complexity index is 358. The molecule has 1 saturated heterocycles. The molecular weight excluding hydrogens is 244 g/mol. The summed E-state index contributed by atoms with van der Waals surface area (Å²) in [6.07, 6.45) is 2.95. The highest BCUT2D eigenvalue weighted by Crippen LogP contribution is 2.13. The van der Waals surface area contributed by atoms with Crippen LogP contribution < -0.4 is 4.72 Å². The molecule has 98 valence electrons. The van der Waals surface area contributed by atoms with Gasteiger partial charge in [0.1, 0.15) is 0 Å². The van der Waals surface area contributed by atoms with Gasteiger partial charge in [-0.15, -0.1) is 0 Å². The fourth-order valence-electron chi connectivity index (χ4n) is 1.66. The summed E-state index contributed by atoms with van der Waals surface area (Å²) in [6, 6.07) is 0. The molecule has 0 spiro atoms. The number of sulfonamides is 1. The molecule has 1 aliphatic heterocycles. The van der Waals surface area contributed by atoms with Crippen LogP contribution in [0.25, 0.3) is 10.4 Å². The molecule has 0 amide bonds. The highest BCUT2D eigenvalue weighted by molar-refractivity contribution is 7.89. The van der Waals surface area contributed by atoms with Crippen LogP contribution in [0, 0.1) is 0 Å². The summed E-state index contributed by atoms with van der Waals surface area (Å²) in [4.78, 5) is 2.62. The topological polar surface area (TPSA) is 104 Å². The Hall–Kier alpha value is -0.820. The average Bonchev–Trinajstić information content (AvgIpc) is 2.75. The Balaban J connectivity index is 2.13. The first kappa shape index (κ1) is 14.2. The monoisotopic (exact) mass is 262 g/mol. The Morgan fingerprint density at radius 2 is 2.29 bits per heavy atom. The number of nitrogens with zero attached hydrogens (tertiary/aromatic N) is 3. The van der Waals surface area contributed by atoms with Crippen LogP contribution in [0.3, 0.4) is 0 Å². The molecule has 8 heteroatoms. The molecule has 0 bridgehead atoms. The third kappa shape index (κ3) is 6.48. The summed E-state index contributed by atoms with van der Waals surface area (Å²) >= 11 is 0. The van der Waals surface area contributed by atoms with E-state index in [2.05, 4.69) is 14.7 Å². The van der Waals surface area contributed by atoms with Crippen molar-refractivity contribution in [3.63, 3.8) is 0 Å². The third-order valence-corrected chi connectivity index (χ3v) is 3.95. The molecule has 7 nitrogen and oxygen atoms in total. The lowest BCUT2D eigenvalue weighted by Crippen LogP contribution is -2.32. The van der Waals surface area contributed by atoms with Crippen molar-refractivity contribution in [3.05, 3.63) is 10.4 Å². The summed E-state index contributed by atoms with van der Waals surface area (Å²) in [6.45, 7) is 1.45. The van der Waals surface area contributed by atoms with Gasteiger partial charge in [-0.25, -0.2) is 13.1 Å². The molecular formula is C9H18N4O3S. The molecule has 0 aromatic rings. The number of hydrogen-bond acceptors (Lipinski definition) is 4. The molecule has 0 saturated carbocycles. The molecule has 17 heavy (non-hydrogen) atoms. The maximum Gasteiger partial charge on any atom is 0.214 e. The van der Waals surface area contributed by atoms with E-state index in [4.69, 9.17) is 10.3 Å². The van der Waals surface area contributed by atoms with Crippen LogP contribution in [-0.2, 0) is 14.8 Å². The van der Waals surface area contributed by atoms with Gasteiger partial charge in [0.25, 0.3) is 0 Å². The van der Waals surface area contributed by atoms with Crippen LogP contribution in [0.4, 0.5) is 0 Å². The summed E-state index contributed by atoms with van der Waals surface area (Å²) in [5.74, 6) is 0.0450. The normalized spacial score (nSPS) is 20.1. The Labute approximate surface area is 101 Å². The number of unbranched alkanes of at least 4 members (excludes halogenated alkanes) is 1. The van der Waals surface area contributed by atoms with Gasteiger partial charge in [0.15, 0.2) is 0 Å². The van der Waals surface area contributed by atoms with Crippen LogP contribution in [0.2, 0.25) is 0 Å². The molecule has 1 unspecified atom stereocenters. The van der Waals surface area contributed by atoms with Gasteiger partial charge in [-0.2, -0.15) is 0 Å². The van der Waals surface area contributed by atoms with E-state index in [1.165, 1.54) is 0 Å². The van der Waals surface area contributed by atoms with Crippen LogP contribution in [0.5, 0.6) is 0 Å². The maximum absolute atomic E-state index is 11.6. The first-order valence-electron chi connectivity index (χ1n) is 5.74. The van der Waals surface area contributed by atoms with Gasteiger partial charge in [0.05, 0.1) is 11.9 Å². The highest BCUT2D eigenvalue weighted by atomic mass is 32.2. The fourth-order valence-corrected chi connectivity index (χ4v) is 2.98. The van der Waals surface area contributed by atoms with Crippen LogP contribution >= 0.6 is 0 Å². The van der Waals surface area contributed by atoms with Crippen molar-refractivity contribution >= 4 is 10.0 Å². The molecule has 1 heterocycles. The van der Waals surface area contributed by atoms with E-state index in [1.54, 1.807) is 0 Å². The van der Waals surface area contributed by atoms with Gasteiger partial charge in [-0.3, -0.25) is 0 Å². The van der Waals surface area contributed by atoms with Gasteiger partial charge < -0.3 is 4.74 Å². The molecule has 0 radical (unpaired) electrons. The van der Waals surface area contributed by atoms with Crippen molar-refractivity contribution in [3.8, 4) is 0 Å². The molecule has 1 fully saturated rings. The minimum atomic E-state index is -3.24. The van der Waals surface area contributed by atoms with E-state index in [9.17, 15) is 8.42 Å². The van der Waals surface area contributed by atoms with Crippen LogP contribution in [-0.4, -0.2) is 40.0 Å².